The lowest BCUT2D eigenvalue weighted by molar-refractivity contribution is 0.271. The molecule has 0 bridgehead atoms. The second-order valence-electron chi connectivity index (χ2n) is 7.13. The first-order valence-electron chi connectivity index (χ1n) is 9.97. The molecule has 0 radical (unpaired) electrons. The van der Waals surface area contributed by atoms with Gasteiger partial charge >= 0.3 is 0 Å². The van der Waals surface area contributed by atoms with Gasteiger partial charge in [-0.25, -0.2) is 8.42 Å². The van der Waals surface area contributed by atoms with Gasteiger partial charge in [-0.05, 0) is 30.7 Å². The normalized spacial score (nSPS) is 15.6. The summed E-state index contributed by atoms with van der Waals surface area (Å²) in [4.78, 5) is 4.99. The van der Waals surface area contributed by atoms with Gasteiger partial charge in [0.1, 0.15) is 10.6 Å². The van der Waals surface area contributed by atoms with E-state index in [1.54, 1.807) is 13.2 Å². The Bertz CT molecular complexity index is 889. The van der Waals surface area contributed by atoms with Gasteiger partial charge in [0.05, 0.1) is 12.9 Å². The molecule has 1 fully saturated rings. The van der Waals surface area contributed by atoms with Crippen molar-refractivity contribution < 1.29 is 13.2 Å². The summed E-state index contributed by atoms with van der Waals surface area (Å²) in [7, 11) is -1.87. The minimum absolute atomic E-state index is 0.116. The van der Waals surface area contributed by atoms with Crippen LogP contribution in [0.4, 0.5) is 5.69 Å². The fourth-order valence-corrected chi connectivity index (χ4v) is 5.28. The van der Waals surface area contributed by atoms with Gasteiger partial charge in [0.25, 0.3) is 0 Å². The van der Waals surface area contributed by atoms with E-state index in [4.69, 9.17) is 4.74 Å². The number of rotatable bonds is 7. The summed E-state index contributed by atoms with van der Waals surface area (Å²) >= 11 is 0. The quantitative estimate of drug-likeness (QED) is 0.707. The summed E-state index contributed by atoms with van der Waals surface area (Å²) in [6, 6.07) is 13.7. The minimum atomic E-state index is -3.42. The van der Waals surface area contributed by atoms with Gasteiger partial charge in [0.2, 0.25) is 0 Å². The first kappa shape index (κ1) is 20.7. The second-order valence-corrected chi connectivity index (χ2v) is 9.21. The van der Waals surface area contributed by atoms with Crippen LogP contribution in [0.5, 0.6) is 5.75 Å². The Labute approximate surface area is 168 Å². The van der Waals surface area contributed by atoms with E-state index in [-0.39, 0.29) is 5.75 Å². The van der Waals surface area contributed by atoms with Crippen LogP contribution >= 0.6 is 0 Å². The maximum absolute atomic E-state index is 13.0. The van der Waals surface area contributed by atoms with E-state index >= 15 is 0 Å². The molecular formula is C22H30N2O3S. The lowest BCUT2D eigenvalue weighted by Crippen LogP contribution is -2.46. The van der Waals surface area contributed by atoms with Gasteiger partial charge in [-0.1, -0.05) is 44.2 Å². The third-order valence-corrected chi connectivity index (χ3v) is 7.24. The average molecular weight is 403 g/mol. The summed E-state index contributed by atoms with van der Waals surface area (Å²) < 4.78 is 31.7. The average Bonchev–Trinajstić information content (AvgIpc) is 2.73. The zero-order valence-corrected chi connectivity index (χ0v) is 17.8. The molecule has 28 heavy (non-hydrogen) atoms. The smallest absolute Gasteiger partial charge is 0.182 e. The standard InChI is InChI=1S/C22H30N2O3S/c1-4-15-28(25,26)21-17-19(24-13-11-23(5-2)12-14-24)16-20(22(21)27-3)18-9-7-6-8-10-18/h6-10,16-17H,4-5,11-15H2,1-3H3. The first-order valence-corrected chi connectivity index (χ1v) is 11.6. The molecule has 0 atom stereocenters. The largest absolute Gasteiger partial charge is 0.495 e. The number of piperazine rings is 1. The van der Waals surface area contributed by atoms with Crippen molar-refractivity contribution in [1.82, 2.24) is 4.90 Å². The number of hydrogen-bond donors (Lipinski definition) is 0. The van der Waals surface area contributed by atoms with Crippen LogP contribution in [-0.4, -0.2) is 58.9 Å². The van der Waals surface area contributed by atoms with Crippen molar-refractivity contribution in [3.8, 4) is 16.9 Å². The number of likely N-dealkylation sites (N-methyl/N-ethyl adjacent to an activating group) is 1. The molecule has 0 aliphatic carbocycles. The number of sulfone groups is 1. The SMILES string of the molecule is CCCS(=O)(=O)c1cc(N2CCN(CC)CC2)cc(-c2ccccc2)c1OC. The highest BCUT2D eigenvalue weighted by atomic mass is 32.2. The number of anilines is 1. The summed E-state index contributed by atoms with van der Waals surface area (Å²) in [5.41, 5.74) is 2.74. The van der Waals surface area contributed by atoms with Crippen molar-refractivity contribution in [1.29, 1.82) is 0 Å². The fourth-order valence-electron chi connectivity index (χ4n) is 3.74. The van der Waals surface area contributed by atoms with E-state index in [0.29, 0.717) is 17.1 Å². The zero-order chi connectivity index (χ0) is 20.1. The van der Waals surface area contributed by atoms with E-state index in [2.05, 4.69) is 22.8 Å². The molecule has 1 aliphatic heterocycles. The van der Waals surface area contributed by atoms with Crippen LogP contribution in [-0.2, 0) is 9.84 Å². The summed E-state index contributed by atoms with van der Waals surface area (Å²) in [5, 5.41) is 0. The van der Waals surface area contributed by atoms with Gasteiger partial charge in [0.15, 0.2) is 9.84 Å². The van der Waals surface area contributed by atoms with E-state index in [1.807, 2.05) is 37.3 Å². The van der Waals surface area contributed by atoms with Gasteiger partial charge in [0, 0.05) is 37.4 Å². The predicted octanol–water partition coefficient (Wildman–Crippen LogP) is 3.69. The van der Waals surface area contributed by atoms with Gasteiger partial charge in [-0.2, -0.15) is 0 Å². The molecule has 1 saturated heterocycles. The number of nitrogens with zero attached hydrogens (tertiary/aromatic N) is 2. The molecule has 2 aromatic rings. The second kappa shape index (κ2) is 8.97. The molecule has 5 nitrogen and oxygen atoms in total. The summed E-state index contributed by atoms with van der Waals surface area (Å²) in [6.07, 6.45) is 0.575. The molecule has 1 aliphatic rings. The van der Waals surface area contributed by atoms with Crippen molar-refractivity contribution in [2.45, 2.75) is 25.2 Å². The number of hydrogen-bond acceptors (Lipinski definition) is 5. The lowest BCUT2D eigenvalue weighted by atomic mass is 10.0. The van der Waals surface area contributed by atoms with Crippen molar-refractivity contribution in [3.05, 3.63) is 42.5 Å². The van der Waals surface area contributed by atoms with Crippen LogP contribution in [0, 0.1) is 0 Å². The van der Waals surface area contributed by atoms with E-state index in [1.165, 1.54) is 0 Å². The predicted molar refractivity (Wildman–Crippen MR) is 115 cm³/mol. The van der Waals surface area contributed by atoms with Gasteiger partial charge < -0.3 is 14.5 Å². The van der Waals surface area contributed by atoms with Crippen LogP contribution in [0.15, 0.2) is 47.4 Å². The molecule has 6 heteroatoms. The molecule has 3 rings (SSSR count). The number of ether oxygens (including phenoxy) is 1. The Morgan fingerprint density at radius 1 is 1.00 bits per heavy atom. The fraction of sp³-hybridized carbons (Fsp3) is 0.455. The Morgan fingerprint density at radius 2 is 1.68 bits per heavy atom. The van der Waals surface area contributed by atoms with Crippen molar-refractivity contribution in [2.75, 3.05) is 50.5 Å². The zero-order valence-electron chi connectivity index (χ0n) is 17.0. The van der Waals surface area contributed by atoms with Crippen LogP contribution in [0.2, 0.25) is 0 Å². The Morgan fingerprint density at radius 3 is 2.25 bits per heavy atom. The molecule has 0 aromatic heterocycles. The number of benzene rings is 2. The monoisotopic (exact) mass is 402 g/mol. The maximum atomic E-state index is 13.0. The maximum Gasteiger partial charge on any atom is 0.182 e. The molecule has 152 valence electrons. The van der Waals surface area contributed by atoms with Crippen LogP contribution in [0.25, 0.3) is 11.1 Å². The summed E-state index contributed by atoms with van der Waals surface area (Å²) in [6.45, 7) is 8.85. The molecule has 0 amide bonds. The molecule has 0 saturated carbocycles. The van der Waals surface area contributed by atoms with Crippen LogP contribution in [0.3, 0.4) is 0 Å². The van der Waals surface area contributed by atoms with E-state index < -0.39 is 9.84 Å². The van der Waals surface area contributed by atoms with Crippen LogP contribution in [0.1, 0.15) is 20.3 Å². The molecule has 2 aromatic carbocycles. The van der Waals surface area contributed by atoms with E-state index in [9.17, 15) is 8.42 Å². The van der Waals surface area contributed by atoms with Crippen LogP contribution < -0.4 is 9.64 Å². The molecule has 0 unspecified atom stereocenters. The minimum Gasteiger partial charge on any atom is -0.495 e. The van der Waals surface area contributed by atoms with Gasteiger partial charge in [-0.15, -0.1) is 0 Å². The van der Waals surface area contributed by atoms with Crippen molar-refractivity contribution in [3.63, 3.8) is 0 Å². The molecule has 0 spiro atoms. The van der Waals surface area contributed by atoms with Gasteiger partial charge in [-0.3, -0.25) is 0 Å². The lowest BCUT2D eigenvalue weighted by Gasteiger charge is -2.36. The number of methoxy groups -OCH3 is 1. The topological polar surface area (TPSA) is 49.9 Å². The van der Waals surface area contributed by atoms with E-state index in [0.717, 1.165) is 49.5 Å². The Balaban J connectivity index is 2.13. The molecule has 0 N–H and O–H groups in total. The Hall–Kier alpha value is -2.05. The van der Waals surface area contributed by atoms with Crippen molar-refractivity contribution in [2.24, 2.45) is 0 Å². The first-order chi connectivity index (χ1) is 13.5. The highest BCUT2D eigenvalue weighted by molar-refractivity contribution is 7.91. The molecule has 1 heterocycles. The molecular weight excluding hydrogens is 372 g/mol. The summed E-state index contributed by atoms with van der Waals surface area (Å²) in [5.74, 6) is 0.556. The highest BCUT2D eigenvalue weighted by Gasteiger charge is 2.26. The Kier molecular flexibility index (Phi) is 6.62. The van der Waals surface area contributed by atoms with Crippen molar-refractivity contribution >= 4 is 15.5 Å². The third-order valence-electron chi connectivity index (χ3n) is 5.32. The third kappa shape index (κ3) is 4.33. The highest BCUT2D eigenvalue weighted by Crippen LogP contribution is 2.40.